The van der Waals surface area contributed by atoms with E-state index in [2.05, 4.69) is 22.2 Å². The van der Waals surface area contributed by atoms with E-state index >= 15 is 0 Å². The van der Waals surface area contributed by atoms with Crippen LogP contribution in [-0.2, 0) is 4.79 Å². The summed E-state index contributed by atoms with van der Waals surface area (Å²) in [6.45, 7) is 1.71. The Balaban J connectivity index is 2.22. The average Bonchev–Trinajstić information content (AvgIpc) is 2.67. The Morgan fingerprint density at radius 2 is 2.00 bits per heavy atom. The predicted octanol–water partition coefficient (Wildman–Crippen LogP) is 2.99. The Hall–Kier alpha value is -2.93. The summed E-state index contributed by atoms with van der Waals surface area (Å²) in [6, 6.07) is 11.8. The quantitative estimate of drug-likeness (QED) is 0.807. The van der Waals surface area contributed by atoms with Gasteiger partial charge in [0, 0.05) is 16.7 Å². The second-order valence-electron chi connectivity index (χ2n) is 4.83. The summed E-state index contributed by atoms with van der Waals surface area (Å²) >= 11 is 0. The number of hydrogen-bond donors (Lipinski definition) is 1. The molecule has 0 fully saturated rings. The number of carbonyl (C=O) groups is 1. The highest BCUT2D eigenvalue weighted by Gasteiger charge is 2.20. The van der Waals surface area contributed by atoms with Gasteiger partial charge in [-0.2, -0.15) is 0 Å². The molecule has 0 atom stereocenters. The number of halogens is 1. The van der Waals surface area contributed by atoms with Gasteiger partial charge in [0.1, 0.15) is 12.4 Å². The van der Waals surface area contributed by atoms with Crippen molar-refractivity contribution < 1.29 is 9.18 Å². The molecular formula is C18H13FN2O. The summed E-state index contributed by atoms with van der Waals surface area (Å²) in [5.41, 5.74) is 2.93. The molecule has 1 amide bonds. The van der Waals surface area contributed by atoms with Crippen LogP contribution in [0, 0.1) is 17.7 Å². The molecular weight excluding hydrogens is 279 g/mol. The number of nitrogens with one attached hydrogen (secondary N) is 1. The van der Waals surface area contributed by atoms with Crippen LogP contribution in [0.1, 0.15) is 23.6 Å². The highest BCUT2D eigenvalue weighted by Crippen LogP contribution is 2.25. The maximum atomic E-state index is 14.1. The van der Waals surface area contributed by atoms with Crippen molar-refractivity contribution >= 4 is 17.3 Å². The summed E-state index contributed by atoms with van der Waals surface area (Å²) in [7, 11) is 0. The second kappa shape index (κ2) is 5.82. The van der Waals surface area contributed by atoms with Crippen molar-refractivity contribution in [3.05, 3.63) is 65.0 Å². The number of amides is 1. The minimum atomic E-state index is -0.367. The maximum absolute atomic E-state index is 14.1. The van der Waals surface area contributed by atoms with E-state index in [9.17, 15) is 9.18 Å². The largest absolute Gasteiger partial charge is 0.324 e. The van der Waals surface area contributed by atoms with Gasteiger partial charge < -0.3 is 5.32 Å². The van der Waals surface area contributed by atoms with Crippen molar-refractivity contribution in [1.82, 2.24) is 0 Å². The molecule has 0 saturated heterocycles. The summed E-state index contributed by atoms with van der Waals surface area (Å²) in [4.78, 5) is 16.1. The fourth-order valence-electron chi connectivity index (χ4n) is 2.38. The number of carbonyl (C=O) groups excluding carboxylic acids is 1. The monoisotopic (exact) mass is 292 g/mol. The Labute approximate surface area is 127 Å². The van der Waals surface area contributed by atoms with E-state index in [1.54, 1.807) is 31.2 Å². The van der Waals surface area contributed by atoms with Gasteiger partial charge in [-0.1, -0.05) is 18.1 Å². The van der Waals surface area contributed by atoms with E-state index in [-0.39, 0.29) is 18.3 Å². The molecule has 0 radical (unpaired) electrons. The summed E-state index contributed by atoms with van der Waals surface area (Å²) < 4.78 is 14.1. The van der Waals surface area contributed by atoms with Crippen molar-refractivity contribution in [1.29, 1.82) is 0 Å². The summed E-state index contributed by atoms with van der Waals surface area (Å²) in [5, 5.41) is 2.79. The molecule has 0 saturated carbocycles. The van der Waals surface area contributed by atoms with E-state index in [1.807, 2.05) is 12.1 Å². The van der Waals surface area contributed by atoms with Crippen LogP contribution in [0.4, 0.5) is 10.1 Å². The topological polar surface area (TPSA) is 41.5 Å². The molecule has 4 heteroatoms. The number of benzene rings is 2. The number of benzodiazepines with no additional fused rings is 1. The molecule has 0 bridgehead atoms. The lowest BCUT2D eigenvalue weighted by Crippen LogP contribution is -2.13. The smallest absolute Gasteiger partial charge is 0.246 e. The van der Waals surface area contributed by atoms with Crippen molar-refractivity contribution in [3.8, 4) is 11.8 Å². The Morgan fingerprint density at radius 1 is 1.18 bits per heavy atom. The highest BCUT2D eigenvalue weighted by atomic mass is 19.1. The Bertz CT molecular complexity index is 844. The Kier molecular flexibility index (Phi) is 3.71. The van der Waals surface area contributed by atoms with Gasteiger partial charge in [0.15, 0.2) is 0 Å². The number of anilines is 1. The third-order valence-electron chi connectivity index (χ3n) is 3.33. The predicted molar refractivity (Wildman–Crippen MR) is 84.5 cm³/mol. The van der Waals surface area contributed by atoms with E-state index in [0.717, 1.165) is 5.56 Å². The third kappa shape index (κ3) is 2.61. The first-order valence-corrected chi connectivity index (χ1v) is 6.85. The van der Waals surface area contributed by atoms with Crippen LogP contribution in [0.3, 0.4) is 0 Å². The molecule has 3 rings (SSSR count). The van der Waals surface area contributed by atoms with Gasteiger partial charge in [0.05, 0.1) is 11.4 Å². The van der Waals surface area contributed by atoms with Gasteiger partial charge in [-0.3, -0.25) is 9.79 Å². The molecule has 3 nitrogen and oxygen atoms in total. The number of nitrogens with zero attached hydrogens (tertiary/aromatic N) is 1. The number of hydrogen-bond acceptors (Lipinski definition) is 2. The molecule has 0 spiro atoms. The first-order valence-electron chi connectivity index (χ1n) is 6.85. The molecule has 0 unspecified atom stereocenters. The third-order valence-corrected chi connectivity index (χ3v) is 3.33. The van der Waals surface area contributed by atoms with Crippen molar-refractivity contribution in [2.75, 3.05) is 11.9 Å². The van der Waals surface area contributed by atoms with Gasteiger partial charge in [-0.05, 0) is 37.3 Å². The molecule has 1 N–H and O–H groups in total. The van der Waals surface area contributed by atoms with Crippen LogP contribution in [0.25, 0.3) is 0 Å². The van der Waals surface area contributed by atoms with Crippen molar-refractivity contribution in [2.24, 2.45) is 4.99 Å². The molecule has 0 aromatic heterocycles. The van der Waals surface area contributed by atoms with Crippen molar-refractivity contribution in [3.63, 3.8) is 0 Å². The zero-order valence-corrected chi connectivity index (χ0v) is 12.0. The van der Waals surface area contributed by atoms with E-state index in [1.165, 1.54) is 6.07 Å². The molecule has 22 heavy (non-hydrogen) atoms. The summed E-state index contributed by atoms with van der Waals surface area (Å²) in [6.07, 6.45) is 0. The number of rotatable bonds is 1. The van der Waals surface area contributed by atoms with E-state index in [0.29, 0.717) is 22.5 Å². The SMILES string of the molecule is CC#Cc1ccc2c(c1)C(c1ccccc1F)=NCC(=O)N2. The number of aliphatic imine (C=N–C) groups is 1. The van der Waals surface area contributed by atoms with Gasteiger partial charge in [0.25, 0.3) is 0 Å². The van der Waals surface area contributed by atoms with Crippen LogP contribution in [0.15, 0.2) is 47.5 Å². The van der Waals surface area contributed by atoms with Gasteiger partial charge in [-0.15, -0.1) is 5.92 Å². The molecule has 2 aromatic rings. The van der Waals surface area contributed by atoms with Gasteiger partial charge in [-0.25, -0.2) is 4.39 Å². The summed E-state index contributed by atoms with van der Waals surface area (Å²) in [5.74, 6) is 5.21. The lowest BCUT2D eigenvalue weighted by Gasteiger charge is -2.11. The van der Waals surface area contributed by atoms with Crippen LogP contribution in [-0.4, -0.2) is 18.2 Å². The highest BCUT2D eigenvalue weighted by molar-refractivity contribution is 6.19. The molecule has 108 valence electrons. The minimum absolute atomic E-state index is 0.0346. The fraction of sp³-hybridized carbons (Fsp3) is 0.111. The van der Waals surface area contributed by atoms with E-state index in [4.69, 9.17) is 0 Å². The lowest BCUT2D eigenvalue weighted by atomic mass is 9.98. The van der Waals surface area contributed by atoms with Crippen LogP contribution >= 0.6 is 0 Å². The zero-order chi connectivity index (χ0) is 15.5. The van der Waals surface area contributed by atoms with Crippen LogP contribution < -0.4 is 5.32 Å². The molecule has 1 aliphatic rings. The first-order chi connectivity index (χ1) is 10.7. The van der Waals surface area contributed by atoms with Crippen molar-refractivity contribution in [2.45, 2.75) is 6.92 Å². The minimum Gasteiger partial charge on any atom is -0.324 e. The normalized spacial score (nSPS) is 13.2. The first kappa shape index (κ1) is 14.0. The van der Waals surface area contributed by atoms with E-state index < -0.39 is 0 Å². The van der Waals surface area contributed by atoms with Crippen LogP contribution in [0.2, 0.25) is 0 Å². The maximum Gasteiger partial charge on any atom is 0.246 e. The van der Waals surface area contributed by atoms with Gasteiger partial charge in [0.2, 0.25) is 5.91 Å². The van der Waals surface area contributed by atoms with Crippen LogP contribution in [0.5, 0.6) is 0 Å². The number of fused-ring (bicyclic) bond motifs is 1. The second-order valence-corrected chi connectivity index (χ2v) is 4.83. The van der Waals surface area contributed by atoms with Gasteiger partial charge >= 0.3 is 0 Å². The Morgan fingerprint density at radius 3 is 2.77 bits per heavy atom. The zero-order valence-electron chi connectivity index (χ0n) is 12.0. The molecule has 1 aliphatic heterocycles. The molecule has 1 heterocycles. The molecule has 0 aliphatic carbocycles. The fourth-order valence-corrected chi connectivity index (χ4v) is 2.38. The molecule has 2 aromatic carbocycles. The standard InChI is InChI=1S/C18H13FN2O/c1-2-5-12-8-9-16-14(10-12)18(20-11-17(22)21-16)13-6-3-4-7-15(13)19/h3-4,6-10H,11H2,1H3,(H,21,22). The average molecular weight is 292 g/mol. The lowest BCUT2D eigenvalue weighted by molar-refractivity contribution is -0.114.